The van der Waals surface area contributed by atoms with E-state index in [0.717, 1.165) is 4.88 Å². The number of hydrogen-bond acceptors (Lipinski definition) is 4. The number of thiophene rings is 1. The van der Waals surface area contributed by atoms with Gasteiger partial charge in [-0.2, -0.15) is 0 Å². The second-order valence-electron chi connectivity index (χ2n) is 4.39. The lowest BCUT2D eigenvalue weighted by Gasteiger charge is -2.06. The van der Waals surface area contributed by atoms with Crippen molar-refractivity contribution in [2.24, 2.45) is 0 Å². The van der Waals surface area contributed by atoms with Crippen molar-refractivity contribution in [3.8, 4) is 0 Å². The molecule has 0 bridgehead atoms. The number of carbonyl (C=O) groups excluding carboxylic acids is 1. The summed E-state index contributed by atoms with van der Waals surface area (Å²) in [5, 5.41) is 5.03. The predicted octanol–water partition coefficient (Wildman–Crippen LogP) is 2.53. The number of hydrogen-bond donors (Lipinski definition) is 1. The molecule has 0 aliphatic carbocycles. The highest BCUT2D eigenvalue weighted by Gasteiger charge is 2.18. The van der Waals surface area contributed by atoms with Gasteiger partial charge in [0.15, 0.2) is 9.84 Å². The van der Waals surface area contributed by atoms with Crippen molar-refractivity contribution in [1.82, 2.24) is 5.32 Å². The van der Waals surface area contributed by atoms with Crippen LogP contribution in [0.5, 0.6) is 0 Å². The maximum Gasteiger partial charge on any atom is 0.235 e. The molecule has 0 saturated heterocycles. The topological polar surface area (TPSA) is 63.2 Å². The van der Waals surface area contributed by atoms with Crippen molar-refractivity contribution in [2.45, 2.75) is 11.3 Å². The van der Waals surface area contributed by atoms with Crippen molar-refractivity contribution in [2.75, 3.05) is 12.3 Å². The molecule has 1 aromatic heterocycles. The van der Waals surface area contributed by atoms with Crippen LogP contribution in [-0.2, 0) is 21.1 Å². The first kappa shape index (κ1) is 16.0. The Bertz CT molecular complexity index is 694. The molecule has 2 rings (SSSR count). The maximum atomic E-state index is 12.0. The van der Waals surface area contributed by atoms with E-state index in [-0.39, 0.29) is 4.90 Å². The lowest BCUT2D eigenvalue weighted by molar-refractivity contribution is -0.118. The van der Waals surface area contributed by atoms with E-state index >= 15 is 0 Å². The third-order valence-electron chi connectivity index (χ3n) is 2.77. The molecule has 0 unspecified atom stereocenters. The van der Waals surface area contributed by atoms with Crippen LogP contribution < -0.4 is 5.32 Å². The molecule has 1 amide bonds. The van der Waals surface area contributed by atoms with Gasteiger partial charge in [0, 0.05) is 16.4 Å². The molecule has 0 aliphatic rings. The van der Waals surface area contributed by atoms with Crippen molar-refractivity contribution in [3.05, 3.63) is 51.7 Å². The third-order valence-corrected chi connectivity index (χ3v) is 5.59. The minimum atomic E-state index is -3.63. The minimum Gasteiger partial charge on any atom is -0.355 e. The average Bonchev–Trinajstić information content (AvgIpc) is 2.92. The smallest absolute Gasteiger partial charge is 0.235 e. The Morgan fingerprint density at radius 2 is 1.90 bits per heavy atom. The quantitative estimate of drug-likeness (QED) is 0.876. The lowest BCUT2D eigenvalue weighted by Crippen LogP contribution is -2.31. The molecule has 0 radical (unpaired) electrons. The van der Waals surface area contributed by atoms with Gasteiger partial charge in [-0.1, -0.05) is 17.7 Å². The van der Waals surface area contributed by atoms with E-state index in [0.29, 0.717) is 18.0 Å². The number of carbonyl (C=O) groups is 1. The largest absolute Gasteiger partial charge is 0.355 e. The standard InChI is InChI=1S/C14H14ClNO3S2/c15-11-3-5-13(6-4-11)21(18,19)10-14(17)16-8-7-12-2-1-9-20-12/h1-6,9H,7-8,10H2,(H,16,17). The summed E-state index contributed by atoms with van der Waals surface area (Å²) in [7, 11) is -3.63. The first-order chi connectivity index (χ1) is 9.97. The number of nitrogens with one attached hydrogen (secondary N) is 1. The Morgan fingerprint density at radius 3 is 2.52 bits per heavy atom. The Labute approximate surface area is 132 Å². The van der Waals surface area contributed by atoms with E-state index in [1.165, 1.54) is 24.3 Å². The second kappa shape index (κ2) is 7.06. The summed E-state index contributed by atoms with van der Waals surface area (Å²) in [6.07, 6.45) is 0.699. The van der Waals surface area contributed by atoms with Gasteiger partial charge in [-0.25, -0.2) is 8.42 Å². The fourth-order valence-corrected chi connectivity index (χ4v) is 3.73. The van der Waals surface area contributed by atoms with E-state index in [2.05, 4.69) is 5.32 Å². The summed E-state index contributed by atoms with van der Waals surface area (Å²) >= 11 is 7.32. The van der Waals surface area contributed by atoms with E-state index in [1.807, 2.05) is 17.5 Å². The summed E-state index contributed by atoms with van der Waals surface area (Å²) in [6.45, 7) is 0.426. The van der Waals surface area contributed by atoms with Crippen molar-refractivity contribution in [3.63, 3.8) is 0 Å². The molecule has 21 heavy (non-hydrogen) atoms. The molecule has 2 aromatic rings. The van der Waals surface area contributed by atoms with Crippen LogP contribution in [0.1, 0.15) is 4.88 Å². The highest BCUT2D eigenvalue weighted by molar-refractivity contribution is 7.92. The molecule has 1 aromatic carbocycles. The summed E-state index contributed by atoms with van der Waals surface area (Å²) in [4.78, 5) is 13.0. The summed E-state index contributed by atoms with van der Waals surface area (Å²) < 4.78 is 24.1. The Morgan fingerprint density at radius 1 is 1.19 bits per heavy atom. The average molecular weight is 344 g/mol. The molecule has 0 atom stereocenters. The van der Waals surface area contributed by atoms with Crippen LogP contribution in [0.4, 0.5) is 0 Å². The van der Waals surface area contributed by atoms with E-state index in [9.17, 15) is 13.2 Å². The van der Waals surface area contributed by atoms with Gasteiger partial charge in [-0.15, -0.1) is 11.3 Å². The summed E-state index contributed by atoms with van der Waals surface area (Å²) in [5.74, 6) is -1.06. The molecule has 4 nitrogen and oxygen atoms in total. The first-order valence-electron chi connectivity index (χ1n) is 6.25. The van der Waals surface area contributed by atoms with Crippen LogP contribution in [0, 0.1) is 0 Å². The summed E-state index contributed by atoms with van der Waals surface area (Å²) in [6, 6.07) is 9.69. The maximum absolute atomic E-state index is 12.0. The first-order valence-corrected chi connectivity index (χ1v) is 9.16. The van der Waals surface area contributed by atoms with Gasteiger partial charge in [0.2, 0.25) is 5.91 Å². The second-order valence-corrected chi connectivity index (χ2v) is 7.85. The van der Waals surface area contributed by atoms with Gasteiger partial charge in [0.05, 0.1) is 4.90 Å². The fourth-order valence-electron chi connectivity index (χ4n) is 1.73. The van der Waals surface area contributed by atoms with Crippen LogP contribution >= 0.6 is 22.9 Å². The van der Waals surface area contributed by atoms with Gasteiger partial charge in [0.1, 0.15) is 5.75 Å². The third kappa shape index (κ3) is 4.84. The molecule has 1 heterocycles. The lowest BCUT2D eigenvalue weighted by atomic mass is 10.3. The van der Waals surface area contributed by atoms with Gasteiger partial charge in [0.25, 0.3) is 0 Å². The molecular weight excluding hydrogens is 330 g/mol. The summed E-state index contributed by atoms with van der Waals surface area (Å²) in [5.41, 5.74) is 0. The number of sulfone groups is 1. The molecule has 0 fully saturated rings. The Kier molecular flexibility index (Phi) is 5.39. The number of halogens is 1. The van der Waals surface area contributed by atoms with Gasteiger partial charge >= 0.3 is 0 Å². The van der Waals surface area contributed by atoms with Crippen molar-refractivity contribution >= 4 is 38.7 Å². The molecule has 0 aliphatic heterocycles. The van der Waals surface area contributed by atoms with E-state index < -0.39 is 21.5 Å². The van der Waals surface area contributed by atoms with Crippen molar-refractivity contribution < 1.29 is 13.2 Å². The molecule has 7 heteroatoms. The number of amides is 1. The van der Waals surface area contributed by atoms with Gasteiger partial charge < -0.3 is 5.32 Å². The zero-order chi connectivity index (χ0) is 15.3. The monoisotopic (exact) mass is 343 g/mol. The van der Waals surface area contributed by atoms with Crippen LogP contribution in [0.15, 0.2) is 46.7 Å². The predicted molar refractivity (Wildman–Crippen MR) is 84.5 cm³/mol. The van der Waals surface area contributed by atoms with Crippen LogP contribution in [-0.4, -0.2) is 26.6 Å². The molecular formula is C14H14ClNO3S2. The van der Waals surface area contributed by atoms with Crippen LogP contribution in [0.2, 0.25) is 5.02 Å². The van der Waals surface area contributed by atoms with Crippen LogP contribution in [0.25, 0.3) is 0 Å². The zero-order valence-corrected chi connectivity index (χ0v) is 13.5. The molecule has 0 saturated carbocycles. The zero-order valence-electron chi connectivity index (χ0n) is 11.1. The Balaban J connectivity index is 1.87. The normalized spacial score (nSPS) is 11.3. The fraction of sp³-hybridized carbons (Fsp3) is 0.214. The van der Waals surface area contributed by atoms with E-state index in [4.69, 9.17) is 11.6 Å². The van der Waals surface area contributed by atoms with Gasteiger partial charge in [-0.05, 0) is 42.1 Å². The number of rotatable bonds is 6. The van der Waals surface area contributed by atoms with Gasteiger partial charge in [-0.3, -0.25) is 4.79 Å². The van der Waals surface area contributed by atoms with E-state index in [1.54, 1.807) is 11.3 Å². The highest BCUT2D eigenvalue weighted by Crippen LogP contribution is 2.15. The molecule has 112 valence electrons. The minimum absolute atomic E-state index is 0.0975. The Hall–Kier alpha value is -1.37. The highest BCUT2D eigenvalue weighted by atomic mass is 35.5. The molecule has 0 spiro atoms. The SMILES string of the molecule is O=C(CS(=O)(=O)c1ccc(Cl)cc1)NCCc1cccs1. The van der Waals surface area contributed by atoms with Crippen molar-refractivity contribution in [1.29, 1.82) is 0 Å². The van der Waals surface area contributed by atoms with Crippen LogP contribution in [0.3, 0.4) is 0 Å². The molecule has 1 N–H and O–H groups in total. The number of benzene rings is 1.